The van der Waals surface area contributed by atoms with Crippen LogP contribution in [0.1, 0.15) is 28.4 Å². The van der Waals surface area contributed by atoms with Crippen molar-refractivity contribution in [3.63, 3.8) is 0 Å². The van der Waals surface area contributed by atoms with Crippen molar-refractivity contribution < 1.29 is 18.7 Å². The summed E-state index contributed by atoms with van der Waals surface area (Å²) in [6.45, 7) is 1.85. The second-order valence-electron chi connectivity index (χ2n) is 7.44. The van der Waals surface area contributed by atoms with Crippen LogP contribution in [0.5, 0.6) is 5.75 Å². The smallest absolute Gasteiger partial charge is 0.261 e. The number of halogens is 1. The lowest BCUT2D eigenvalue weighted by Crippen LogP contribution is -2.36. The molecule has 3 aromatic carbocycles. The standard InChI is InChI=1S/C26H22FN3O3/c1-18(26(32)28-15-19-11-13-21(27)14-12-19)33-24-10-6-5-9-23(24)25(31)20-16-29-30(17-20)22-7-3-2-4-8-22/h2-14,16-18H,15H2,1H3,(H,28,32)/t18-/m1/s1. The van der Waals surface area contributed by atoms with E-state index >= 15 is 0 Å². The molecule has 1 N–H and O–H groups in total. The van der Waals surface area contributed by atoms with E-state index in [1.807, 2.05) is 30.3 Å². The molecule has 4 rings (SSSR count). The van der Waals surface area contributed by atoms with E-state index in [2.05, 4.69) is 10.4 Å². The summed E-state index contributed by atoms with van der Waals surface area (Å²) >= 11 is 0. The molecule has 1 amide bonds. The summed E-state index contributed by atoms with van der Waals surface area (Å²) in [4.78, 5) is 25.6. The Morgan fingerprint density at radius 2 is 1.70 bits per heavy atom. The van der Waals surface area contributed by atoms with Gasteiger partial charge in [0.15, 0.2) is 11.9 Å². The van der Waals surface area contributed by atoms with Gasteiger partial charge in [0.05, 0.1) is 23.0 Å². The Hall–Kier alpha value is -4.26. The van der Waals surface area contributed by atoms with E-state index in [1.54, 1.807) is 54.2 Å². The molecular formula is C26H22FN3O3. The van der Waals surface area contributed by atoms with E-state index in [1.165, 1.54) is 18.3 Å². The van der Waals surface area contributed by atoms with Crippen molar-refractivity contribution in [2.45, 2.75) is 19.6 Å². The highest BCUT2D eigenvalue weighted by molar-refractivity contribution is 6.10. The quantitative estimate of drug-likeness (QED) is 0.412. The molecule has 0 aliphatic carbocycles. The van der Waals surface area contributed by atoms with E-state index in [9.17, 15) is 14.0 Å². The fourth-order valence-electron chi connectivity index (χ4n) is 3.25. The summed E-state index contributed by atoms with van der Waals surface area (Å²) in [7, 11) is 0. The average Bonchev–Trinajstić information content (AvgIpc) is 3.34. The van der Waals surface area contributed by atoms with E-state index in [-0.39, 0.29) is 24.1 Å². The lowest BCUT2D eigenvalue weighted by molar-refractivity contribution is -0.127. The average molecular weight is 443 g/mol. The van der Waals surface area contributed by atoms with Crippen LogP contribution in [0, 0.1) is 5.82 Å². The van der Waals surface area contributed by atoms with Gasteiger partial charge in [-0.2, -0.15) is 5.10 Å². The van der Waals surface area contributed by atoms with Crippen LogP contribution >= 0.6 is 0 Å². The number of nitrogens with zero attached hydrogens (tertiary/aromatic N) is 2. The summed E-state index contributed by atoms with van der Waals surface area (Å²) < 4.78 is 20.5. The van der Waals surface area contributed by atoms with Crippen LogP contribution in [0.25, 0.3) is 5.69 Å². The minimum Gasteiger partial charge on any atom is -0.480 e. The van der Waals surface area contributed by atoms with Crippen molar-refractivity contribution >= 4 is 11.7 Å². The zero-order valence-electron chi connectivity index (χ0n) is 17.9. The van der Waals surface area contributed by atoms with E-state index in [4.69, 9.17) is 4.74 Å². The second kappa shape index (κ2) is 9.91. The minimum atomic E-state index is -0.841. The number of ether oxygens (including phenoxy) is 1. The fourth-order valence-corrected chi connectivity index (χ4v) is 3.25. The molecule has 7 heteroatoms. The summed E-state index contributed by atoms with van der Waals surface area (Å²) in [5, 5.41) is 7.03. The van der Waals surface area contributed by atoms with Gasteiger partial charge in [-0.15, -0.1) is 0 Å². The Balaban J connectivity index is 1.44. The van der Waals surface area contributed by atoms with E-state index in [0.29, 0.717) is 16.9 Å². The third-order valence-corrected chi connectivity index (χ3v) is 5.05. The number of hydrogen-bond acceptors (Lipinski definition) is 4. The number of amides is 1. The molecule has 33 heavy (non-hydrogen) atoms. The predicted molar refractivity (Wildman–Crippen MR) is 122 cm³/mol. The van der Waals surface area contributed by atoms with Gasteiger partial charge in [-0.05, 0) is 48.9 Å². The number of benzene rings is 3. The van der Waals surface area contributed by atoms with Gasteiger partial charge in [-0.25, -0.2) is 9.07 Å². The molecule has 0 saturated heterocycles. The zero-order valence-corrected chi connectivity index (χ0v) is 17.9. The van der Waals surface area contributed by atoms with Gasteiger partial charge in [0, 0.05) is 12.7 Å². The van der Waals surface area contributed by atoms with Crippen LogP contribution in [0.2, 0.25) is 0 Å². The molecule has 166 valence electrons. The maximum absolute atomic E-state index is 13.1. The lowest BCUT2D eigenvalue weighted by Gasteiger charge is -2.17. The fraction of sp³-hybridized carbons (Fsp3) is 0.115. The Morgan fingerprint density at radius 1 is 1.00 bits per heavy atom. The number of hydrogen-bond donors (Lipinski definition) is 1. The number of nitrogens with one attached hydrogen (secondary N) is 1. The molecule has 0 bridgehead atoms. The van der Waals surface area contributed by atoms with Gasteiger partial charge in [-0.3, -0.25) is 9.59 Å². The van der Waals surface area contributed by atoms with Crippen LogP contribution in [0.3, 0.4) is 0 Å². The minimum absolute atomic E-state index is 0.242. The van der Waals surface area contributed by atoms with Crippen molar-refractivity contribution in [1.82, 2.24) is 15.1 Å². The summed E-state index contributed by atoms with van der Waals surface area (Å²) in [5.74, 6) is -0.637. The molecular weight excluding hydrogens is 421 g/mol. The van der Waals surface area contributed by atoms with Crippen molar-refractivity contribution in [3.8, 4) is 11.4 Å². The van der Waals surface area contributed by atoms with Crippen LogP contribution < -0.4 is 10.1 Å². The molecule has 1 heterocycles. The Kier molecular flexibility index (Phi) is 6.59. The van der Waals surface area contributed by atoms with Crippen LogP contribution in [-0.4, -0.2) is 27.6 Å². The number of ketones is 1. The SMILES string of the molecule is C[C@@H](Oc1ccccc1C(=O)c1cnn(-c2ccccc2)c1)C(=O)NCc1ccc(F)cc1. The molecule has 6 nitrogen and oxygen atoms in total. The number of carbonyl (C=O) groups is 2. The van der Waals surface area contributed by atoms with Crippen LogP contribution in [0.4, 0.5) is 4.39 Å². The van der Waals surface area contributed by atoms with Crippen molar-refractivity contribution in [3.05, 3.63) is 114 Å². The first-order valence-corrected chi connectivity index (χ1v) is 10.4. The monoisotopic (exact) mass is 443 g/mol. The zero-order chi connectivity index (χ0) is 23.2. The third kappa shape index (κ3) is 5.33. The number of para-hydroxylation sites is 2. The Bertz CT molecular complexity index is 1250. The maximum Gasteiger partial charge on any atom is 0.261 e. The van der Waals surface area contributed by atoms with Crippen LogP contribution in [-0.2, 0) is 11.3 Å². The van der Waals surface area contributed by atoms with Crippen molar-refractivity contribution in [2.24, 2.45) is 0 Å². The Labute approximate surface area is 190 Å². The summed E-state index contributed by atoms with van der Waals surface area (Å²) in [6, 6.07) is 22.1. The molecule has 0 spiro atoms. The second-order valence-corrected chi connectivity index (χ2v) is 7.44. The molecule has 0 saturated carbocycles. The maximum atomic E-state index is 13.1. The first-order chi connectivity index (χ1) is 16.0. The molecule has 0 aliphatic heterocycles. The van der Waals surface area contributed by atoms with Gasteiger partial charge in [-0.1, -0.05) is 42.5 Å². The topological polar surface area (TPSA) is 73.2 Å². The summed E-state index contributed by atoms with van der Waals surface area (Å²) in [5.41, 5.74) is 2.35. The van der Waals surface area contributed by atoms with Gasteiger partial charge >= 0.3 is 0 Å². The van der Waals surface area contributed by atoms with Gasteiger partial charge in [0.25, 0.3) is 5.91 Å². The first-order valence-electron chi connectivity index (χ1n) is 10.4. The predicted octanol–water partition coefficient (Wildman–Crippen LogP) is 4.33. The number of aromatic nitrogens is 2. The van der Waals surface area contributed by atoms with Gasteiger partial charge in [0.1, 0.15) is 11.6 Å². The van der Waals surface area contributed by atoms with E-state index < -0.39 is 6.10 Å². The molecule has 0 unspecified atom stereocenters. The molecule has 4 aromatic rings. The first kappa shape index (κ1) is 22.0. The summed E-state index contributed by atoms with van der Waals surface area (Å²) in [6.07, 6.45) is 2.32. The van der Waals surface area contributed by atoms with Crippen LogP contribution in [0.15, 0.2) is 91.3 Å². The molecule has 1 aromatic heterocycles. The van der Waals surface area contributed by atoms with Gasteiger partial charge in [0.2, 0.25) is 0 Å². The molecule has 1 atom stereocenters. The van der Waals surface area contributed by atoms with Gasteiger partial charge < -0.3 is 10.1 Å². The highest BCUT2D eigenvalue weighted by Crippen LogP contribution is 2.23. The van der Waals surface area contributed by atoms with E-state index in [0.717, 1.165) is 11.3 Å². The van der Waals surface area contributed by atoms with Crippen molar-refractivity contribution in [1.29, 1.82) is 0 Å². The molecule has 0 radical (unpaired) electrons. The third-order valence-electron chi connectivity index (χ3n) is 5.05. The molecule has 0 aliphatic rings. The lowest BCUT2D eigenvalue weighted by atomic mass is 10.1. The Morgan fingerprint density at radius 3 is 2.45 bits per heavy atom. The molecule has 0 fully saturated rings. The van der Waals surface area contributed by atoms with Crippen molar-refractivity contribution in [2.75, 3.05) is 0 Å². The largest absolute Gasteiger partial charge is 0.480 e. The number of rotatable bonds is 8. The highest BCUT2D eigenvalue weighted by Gasteiger charge is 2.20. The number of carbonyl (C=O) groups excluding carboxylic acids is 2. The highest BCUT2D eigenvalue weighted by atomic mass is 19.1. The normalized spacial score (nSPS) is 11.6.